The largest absolute Gasteiger partial charge is 0.450 e. The first-order valence-electron chi connectivity index (χ1n) is 8.21. The van der Waals surface area contributed by atoms with Crippen LogP contribution in [0.1, 0.15) is 54.2 Å². The molecule has 0 aliphatic carbocycles. The number of hydrogen-bond acceptors (Lipinski definition) is 3. The minimum atomic E-state index is -0.437. The molecule has 2 aromatic carbocycles. The molecular weight excluding hydrogens is 302 g/mol. The highest BCUT2D eigenvalue weighted by atomic mass is 16.5. The van der Waals surface area contributed by atoms with Crippen molar-refractivity contribution in [1.29, 1.82) is 0 Å². The Morgan fingerprint density at radius 1 is 1.00 bits per heavy atom. The number of Topliss-reactive ketones (excluding diaryl/α,β-unsaturated/α-hetero) is 1. The van der Waals surface area contributed by atoms with Gasteiger partial charge in [-0.15, -0.1) is 0 Å². The van der Waals surface area contributed by atoms with Crippen LogP contribution in [-0.4, -0.2) is 18.5 Å². The predicted molar refractivity (Wildman–Crippen MR) is 94.1 cm³/mol. The number of ketones is 1. The van der Waals surface area contributed by atoms with Crippen LogP contribution in [0, 0.1) is 0 Å². The fourth-order valence-corrected chi connectivity index (χ4v) is 2.38. The third kappa shape index (κ3) is 4.95. The van der Waals surface area contributed by atoms with Gasteiger partial charge in [0.25, 0.3) is 0 Å². The van der Waals surface area contributed by atoms with E-state index in [1.807, 2.05) is 49.4 Å². The third-order valence-corrected chi connectivity index (χ3v) is 3.78. The maximum absolute atomic E-state index is 12.1. The molecule has 0 bridgehead atoms. The van der Waals surface area contributed by atoms with Crippen LogP contribution in [0.25, 0.3) is 0 Å². The predicted octanol–water partition coefficient (Wildman–Crippen LogP) is 4.50. The van der Waals surface area contributed by atoms with E-state index < -0.39 is 6.09 Å². The SMILES string of the molecule is CCCCOC(=O)NC(c1ccccc1)c1ccc(C(C)=O)cc1. The molecule has 4 nitrogen and oxygen atoms in total. The minimum absolute atomic E-state index is 0.0183. The van der Waals surface area contributed by atoms with Crippen molar-refractivity contribution in [3.05, 3.63) is 71.3 Å². The molecule has 0 fully saturated rings. The second-order valence-electron chi connectivity index (χ2n) is 5.66. The average molecular weight is 325 g/mol. The van der Waals surface area contributed by atoms with Crippen LogP contribution in [0.2, 0.25) is 0 Å². The molecule has 0 aromatic heterocycles. The van der Waals surface area contributed by atoms with Gasteiger partial charge in [0.1, 0.15) is 0 Å². The van der Waals surface area contributed by atoms with E-state index in [0.29, 0.717) is 12.2 Å². The number of carbonyl (C=O) groups is 2. The van der Waals surface area contributed by atoms with Crippen molar-refractivity contribution < 1.29 is 14.3 Å². The minimum Gasteiger partial charge on any atom is -0.450 e. The zero-order valence-electron chi connectivity index (χ0n) is 14.1. The van der Waals surface area contributed by atoms with Crippen molar-refractivity contribution in [1.82, 2.24) is 5.32 Å². The molecule has 1 atom stereocenters. The average Bonchev–Trinajstić information content (AvgIpc) is 2.61. The molecule has 0 saturated heterocycles. The molecule has 1 N–H and O–H groups in total. The van der Waals surface area contributed by atoms with Gasteiger partial charge in [0, 0.05) is 5.56 Å². The second kappa shape index (κ2) is 8.87. The summed E-state index contributed by atoms with van der Waals surface area (Å²) in [7, 11) is 0. The summed E-state index contributed by atoms with van der Waals surface area (Å²) in [6, 6.07) is 16.6. The molecule has 0 heterocycles. The van der Waals surface area contributed by atoms with E-state index >= 15 is 0 Å². The number of rotatable bonds is 7. The first-order valence-corrected chi connectivity index (χ1v) is 8.21. The molecule has 2 rings (SSSR count). The molecule has 2 aromatic rings. The summed E-state index contributed by atoms with van der Waals surface area (Å²) in [5.41, 5.74) is 2.51. The highest BCUT2D eigenvalue weighted by molar-refractivity contribution is 5.94. The lowest BCUT2D eigenvalue weighted by Crippen LogP contribution is -2.30. The number of carbonyl (C=O) groups excluding carboxylic acids is 2. The van der Waals surface area contributed by atoms with Crippen molar-refractivity contribution in [3.8, 4) is 0 Å². The van der Waals surface area contributed by atoms with E-state index in [-0.39, 0.29) is 11.8 Å². The van der Waals surface area contributed by atoms with Gasteiger partial charge in [-0.3, -0.25) is 4.79 Å². The van der Waals surface area contributed by atoms with Crippen LogP contribution in [0.5, 0.6) is 0 Å². The zero-order valence-corrected chi connectivity index (χ0v) is 14.1. The molecule has 1 unspecified atom stereocenters. The van der Waals surface area contributed by atoms with Crippen molar-refractivity contribution in [2.24, 2.45) is 0 Å². The van der Waals surface area contributed by atoms with Crippen LogP contribution in [-0.2, 0) is 4.74 Å². The Hall–Kier alpha value is -2.62. The van der Waals surface area contributed by atoms with Gasteiger partial charge in [-0.2, -0.15) is 0 Å². The van der Waals surface area contributed by atoms with Gasteiger partial charge in [0.2, 0.25) is 0 Å². The summed E-state index contributed by atoms with van der Waals surface area (Å²) in [6.07, 6.45) is 1.38. The molecule has 0 aliphatic rings. The third-order valence-electron chi connectivity index (χ3n) is 3.78. The second-order valence-corrected chi connectivity index (χ2v) is 5.66. The van der Waals surface area contributed by atoms with Crippen LogP contribution < -0.4 is 5.32 Å². The molecular formula is C20H23NO3. The molecule has 1 amide bonds. The monoisotopic (exact) mass is 325 g/mol. The Labute approximate surface area is 142 Å². The van der Waals surface area contributed by atoms with Gasteiger partial charge >= 0.3 is 6.09 Å². The number of ether oxygens (including phenoxy) is 1. The number of unbranched alkanes of at least 4 members (excludes halogenated alkanes) is 1. The van der Waals surface area contributed by atoms with E-state index in [4.69, 9.17) is 4.74 Å². The lowest BCUT2D eigenvalue weighted by Gasteiger charge is -2.20. The number of nitrogens with one attached hydrogen (secondary N) is 1. The fourth-order valence-electron chi connectivity index (χ4n) is 2.38. The van der Waals surface area contributed by atoms with E-state index in [1.54, 1.807) is 12.1 Å². The Morgan fingerprint density at radius 2 is 1.62 bits per heavy atom. The van der Waals surface area contributed by atoms with Gasteiger partial charge in [0.15, 0.2) is 5.78 Å². The van der Waals surface area contributed by atoms with Crippen LogP contribution >= 0.6 is 0 Å². The number of hydrogen-bond donors (Lipinski definition) is 1. The molecule has 4 heteroatoms. The Morgan fingerprint density at radius 3 is 2.21 bits per heavy atom. The summed E-state index contributed by atoms with van der Waals surface area (Å²) >= 11 is 0. The molecule has 0 aliphatic heterocycles. The Kier molecular flexibility index (Phi) is 6.55. The number of benzene rings is 2. The maximum Gasteiger partial charge on any atom is 0.407 e. The quantitative estimate of drug-likeness (QED) is 0.602. The van der Waals surface area contributed by atoms with E-state index in [1.165, 1.54) is 6.92 Å². The van der Waals surface area contributed by atoms with Crippen LogP contribution in [0.3, 0.4) is 0 Å². The molecule has 126 valence electrons. The normalized spacial score (nSPS) is 11.6. The van der Waals surface area contributed by atoms with E-state index in [0.717, 1.165) is 24.0 Å². The lowest BCUT2D eigenvalue weighted by atomic mass is 9.97. The Bertz CT molecular complexity index is 665. The summed E-state index contributed by atoms with van der Waals surface area (Å²) < 4.78 is 5.21. The lowest BCUT2D eigenvalue weighted by molar-refractivity contribution is 0.101. The molecule has 0 saturated carbocycles. The standard InChI is InChI=1S/C20H23NO3/c1-3-4-14-24-20(23)21-19(17-8-6-5-7-9-17)18-12-10-16(11-13-18)15(2)22/h5-13,19H,3-4,14H2,1-2H3,(H,21,23). The first kappa shape index (κ1) is 17.7. The zero-order chi connectivity index (χ0) is 17.4. The summed E-state index contributed by atoms with van der Waals surface area (Å²) in [5.74, 6) is 0.0183. The van der Waals surface area contributed by atoms with Crippen molar-refractivity contribution >= 4 is 11.9 Å². The van der Waals surface area contributed by atoms with Gasteiger partial charge in [-0.05, 0) is 24.5 Å². The van der Waals surface area contributed by atoms with Gasteiger partial charge in [-0.25, -0.2) is 4.79 Å². The van der Waals surface area contributed by atoms with Crippen LogP contribution in [0.4, 0.5) is 4.79 Å². The first-order chi connectivity index (χ1) is 11.6. The van der Waals surface area contributed by atoms with Gasteiger partial charge in [0.05, 0.1) is 12.6 Å². The molecule has 0 radical (unpaired) electrons. The van der Waals surface area contributed by atoms with Crippen molar-refractivity contribution in [2.75, 3.05) is 6.61 Å². The van der Waals surface area contributed by atoms with Crippen LogP contribution in [0.15, 0.2) is 54.6 Å². The summed E-state index contributed by atoms with van der Waals surface area (Å²) in [4.78, 5) is 23.5. The molecule has 24 heavy (non-hydrogen) atoms. The van der Waals surface area contributed by atoms with Gasteiger partial charge < -0.3 is 10.1 Å². The number of amides is 1. The highest BCUT2D eigenvalue weighted by Crippen LogP contribution is 2.22. The summed E-state index contributed by atoms with van der Waals surface area (Å²) in [6.45, 7) is 3.99. The highest BCUT2D eigenvalue weighted by Gasteiger charge is 2.17. The topological polar surface area (TPSA) is 55.4 Å². The van der Waals surface area contributed by atoms with Crippen molar-refractivity contribution in [3.63, 3.8) is 0 Å². The van der Waals surface area contributed by atoms with Crippen molar-refractivity contribution in [2.45, 2.75) is 32.7 Å². The van der Waals surface area contributed by atoms with Gasteiger partial charge in [-0.1, -0.05) is 67.9 Å². The maximum atomic E-state index is 12.1. The van der Waals surface area contributed by atoms with E-state index in [9.17, 15) is 9.59 Å². The summed E-state index contributed by atoms with van der Waals surface area (Å²) in [5, 5.41) is 2.91. The number of alkyl carbamates (subject to hydrolysis) is 1. The molecule has 0 spiro atoms. The fraction of sp³-hybridized carbons (Fsp3) is 0.300. The smallest absolute Gasteiger partial charge is 0.407 e. The van der Waals surface area contributed by atoms with E-state index in [2.05, 4.69) is 5.32 Å². The Balaban J connectivity index is 2.20.